The van der Waals surface area contributed by atoms with Crippen LogP contribution >= 0.6 is 0 Å². The fourth-order valence-electron chi connectivity index (χ4n) is 4.36. The highest BCUT2D eigenvalue weighted by Crippen LogP contribution is 2.52. The first kappa shape index (κ1) is 9.51. The monoisotopic (exact) mass is 181 g/mol. The van der Waals surface area contributed by atoms with E-state index in [-0.39, 0.29) is 5.54 Å². The predicted molar refractivity (Wildman–Crippen MR) is 56.4 cm³/mol. The van der Waals surface area contributed by atoms with Crippen molar-refractivity contribution in [2.75, 3.05) is 0 Å². The van der Waals surface area contributed by atoms with Crippen molar-refractivity contribution in [1.82, 2.24) is 0 Å². The average Bonchev–Trinajstić information content (AvgIpc) is 1.75. The van der Waals surface area contributed by atoms with Gasteiger partial charge in [-0.1, -0.05) is 13.8 Å². The first-order valence-electron chi connectivity index (χ1n) is 5.68. The number of rotatable bonds is 0. The Balaban J connectivity index is 2.17. The summed E-state index contributed by atoms with van der Waals surface area (Å²) in [6.07, 6.45) is 6.75. The summed E-state index contributed by atoms with van der Waals surface area (Å²) in [7, 11) is 0. The van der Waals surface area contributed by atoms with E-state index in [2.05, 4.69) is 20.8 Å². The summed E-state index contributed by atoms with van der Waals surface area (Å²) < 4.78 is 0. The smallest absolute Gasteiger partial charge is 0.0133 e. The predicted octanol–water partition coefficient (Wildman–Crippen LogP) is 2.94. The topological polar surface area (TPSA) is 26.0 Å². The largest absolute Gasteiger partial charge is 0.325 e. The SMILES string of the molecule is C[C@@H]1C[C@H]2C[C@](C)(N)C[C@@](C)(C1)C2. The Morgan fingerprint density at radius 3 is 2.46 bits per heavy atom. The van der Waals surface area contributed by atoms with Gasteiger partial charge in [-0.15, -0.1) is 0 Å². The average molecular weight is 181 g/mol. The maximum absolute atomic E-state index is 6.30. The maximum Gasteiger partial charge on any atom is 0.0133 e. The molecule has 2 aliphatic carbocycles. The van der Waals surface area contributed by atoms with Crippen LogP contribution in [-0.2, 0) is 0 Å². The van der Waals surface area contributed by atoms with Crippen molar-refractivity contribution < 1.29 is 0 Å². The fraction of sp³-hybridized carbons (Fsp3) is 1.00. The van der Waals surface area contributed by atoms with Gasteiger partial charge in [-0.05, 0) is 56.3 Å². The number of fused-ring (bicyclic) bond motifs is 2. The van der Waals surface area contributed by atoms with Crippen LogP contribution in [0, 0.1) is 17.3 Å². The van der Waals surface area contributed by atoms with Crippen LogP contribution in [0.4, 0.5) is 0 Å². The molecule has 2 saturated carbocycles. The van der Waals surface area contributed by atoms with Crippen molar-refractivity contribution in [2.24, 2.45) is 23.0 Å². The molecule has 0 aromatic carbocycles. The van der Waals surface area contributed by atoms with Crippen LogP contribution in [0.15, 0.2) is 0 Å². The van der Waals surface area contributed by atoms with Gasteiger partial charge in [-0.3, -0.25) is 0 Å². The molecule has 2 rings (SSSR count). The molecule has 1 nitrogen and oxygen atoms in total. The molecule has 2 fully saturated rings. The van der Waals surface area contributed by atoms with Crippen LogP contribution in [-0.4, -0.2) is 5.54 Å². The molecule has 0 saturated heterocycles. The van der Waals surface area contributed by atoms with E-state index in [1.165, 1.54) is 32.1 Å². The number of hydrogen-bond acceptors (Lipinski definition) is 1. The van der Waals surface area contributed by atoms with E-state index in [0.29, 0.717) is 5.41 Å². The van der Waals surface area contributed by atoms with Gasteiger partial charge in [0.1, 0.15) is 0 Å². The highest BCUT2D eigenvalue weighted by atomic mass is 14.8. The van der Waals surface area contributed by atoms with Crippen LogP contribution < -0.4 is 5.73 Å². The molecule has 4 atom stereocenters. The molecule has 2 aliphatic rings. The Bertz CT molecular complexity index is 203. The van der Waals surface area contributed by atoms with Crippen molar-refractivity contribution in [3.05, 3.63) is 0 Å². The number of hydrogen-bond donors (Lipinski definition) is 1. The van der Waals surface area contributed by atoms with Gasteiger partial charge >= 0.3 is 0 Å². The summed E-state index contributed by atoms with van der Waals surface area (Å²) in [6, 6.07) is 0. The zero-order valence-corrected chi connectivity index (χ0v) is 9.27. The summed E-state index contributed by atoms with van der Waals surface area (Å²) >= 11 is 0. The van der Waals surface area contributed by atoms with Crippen molar-refractivity contribution in [1.29, 1.82) is 0 Å². The molecule has 0 aromatic rings. The second kappa shape index (κ2) is 2.73. The van der Waals surface area contributed by atoms with Crippen molar-refractivity contribution in [3.63, 3.8) is 0 Å². The van der Waals surface area contributed by atoms with Gasteiger partial charge in [0.25, 0.3) is 0 Å². The molecule has 1 heteroatoms. The van der Waals surface area contributed by atoms with Gasteiger partial charge in [0.15, 0.2) is 0 Å². The Labute approximate surface area is 82.1 Å². The molecule has 0 spiro atoms. The molecule has 0 unspecified atom stereocenters. The van der Waals surface area contributed by atoms with E-state index < -0.39 is 0 Å². The van der Waals surface area contributed by atoms with Crippen molar-refractivity contribution in [2.45, 2.75) is 58.4 Å². The summed E-state index contributed by atoms with van der Waals surface area (Å²) in [6.45, 7) is 7.09. The van der Waals surface area contributed by atoms with Crippen molar-refractivity contribution in [3.8, 4) is 0 Å². The van der Waals surface area contributed by atoms with Gasteiger partial charge in [0.2, 0.25) is 0 Å². The first-order valence-corrected chi connectivity index (χ1v) is 5.68. The van der Waals surface area contributed by atoms with E-state index in [1.807, 2.05) is 0 Å². The summed E-state index contributed by atoms with van der Waals surface area (Å²) in [5.74, 6) is 1.84. The van der Waals surface area contributed by atoms with Gasteiger partial charge in [0.05, 0.1) is 0 Å². The molecule has 0 aromatic heterocycles. The van der Waals surface area contributed by atoms with Crippen LogP contribution in [0.2, 0.25) is 0 Å². The molecule has 2 bridgehead atoms. The second-order valence-corrected chi connectivity index (χ2v) is 6.46. The lowest BCUT2D eigenvalue weighted by atomic mass is 9.56. The lowest BCUT2D eigenvalue weighted by Crippen LogP contribution is -2.50. The third kappa shape index (κ3) is 1.90. The summed E-state index contributed by atoms with van der Waals surface area (Å²) in [4.78, 5) is 0. The molecule has 0 radical (unpaired) electrons. The van der Waals surface area contributed by atoms with Gasteiger partial charge in [-0.25, -0.2) is 0 Å². The molecule has 76 valence electrons. The zero-order valence-electron chi connectivity index (χ0n) is 9.27. The maximum atomic E-state index is 6.30. The molecule has 13 heavy (non-hydrogen) atoms. The Morgan fingerprint density at radius 1 is 1.15 bits per heavy atom. The Morgan fingerprint density at radius 2 is 1.85 bits per heavy atom. The van der Waals surface area contributed by atoms with Crippen LogP contribution in [0.1, 0.15) is 52.9 Å². The molecule has 0 heterocycles. The van der Waals surface area contributed by atoms with Gasteiger partial charge in [-0.2, -0.15) is 0 Å². The molecule has 0 amide bonds. The zero-order chi connectivity index (χ0) is 9.69. The molecule has 2 N–H and O–H groups in total. The minimum absolute atomic E-state index is 0.123. The fourth-order valence-corrected chi connectivity index (χ4v) is 4.36. The first-order chi connectivity index (χ1) is 5.89. The van der Waals surface area contributed by atoms with E-state index in [4.69, 9.17) is 5.73 Å². The Hall–Kier alpha value is -0.0400. The van der Waals surface area contributed by atoms with Crippen molar-refractivity contribution >= 4 is 0 Å². The quantitative estimate of drug-likeness (QED) is 0.611. The molecular formula is C12H23N. The molecular weight excluding hydrogens is 158 g/mol. The van der Waals surface area contributed by atoms with Gasteiger partial charge < -0.3 is 5.73 Å². The second-order valence-electron chi connectivity index (χ2n) is 6.46. The van der Waals surface area contributed by atoms with E-state index in [0.717, 1.165) is 11.8 Å². The van der Waals surface area contributed by atoms with Crippen LogP contribution in [0.25, 0.3) is 0 Å². The highest BCUT2D eigenvalue weighted by Gasteiger charge is 2.45. The number of nitrogens with two attached hydrogens (primary N) is 1. The standard InChI is InChI=1S/C12H23N/c1-9-4-10-6-11(2,5-9)8-12(3,13)7-10/h9-10H,4-8,13H2,1-3H3/t9-,10-,11+,12+/m1/s1. The third-order valence-electron chi connectivity index (χ3n) is 3.94. The lowest BCUT2D eigenvalue weighted by Gasteiger charge is -2.51. The van der Waals surface area contributed by atoms with E-state index in [1.54, 1.807) is 0 Å². The minimum atomic E-state index is 0.123. The van der Waals surface area contributed by atoms with E-state index in [9.17, 15) is 0 Å². The molecule has 0 aliphatic heterocycles. The normalized spacial score (nSPS) is 56.3. The van der Waals surface area contributed by atoms with Crippen LogP contribution in [0.5, 0.6) is 0 Å². The lowest BCUT2D eigenvalue weighted by molar-refractivity contribution is 0.0204. The Kier molecular flexibility index (Phi) is 1.99. The third-order valence-corrected chi connectivity index (χ3v) is 3.94. The minimum Gasteiger partial charge on any atom is -0.325 e. The summed E-state index contributed by atoms with van der Waals surface area (Å²) in [5, 5.41) is 0. The summed E-state index contributed by atoms with van der Waals surface area (Å²) in [5.41, 5.74) is 6.98. The van der Waals surface area contributed by atoms with Crippen LogP contribution in [0.3, 0.4) is 0 Å². The highest BCUT2D eigenvalue weighted by molar-refractivity contribution is 4.99. The van der Waals surface area contributed by atoms with E-state index >= 15 is 0 Å². The van der Waals surface area contributed by atoms with Gasteiger partial charge in [0, 0.05) is 5.54 Å².